The lowest BCUT2D eigenvalue weighted by Gasteiger charge is -2.08. The Morgan fingerprint density at radius 1 is 1.14 bits per heavy atom. The van der Waals surface area contributed by atoms with Crippen molar-refractivity contribution in [2.24, 2.45) is 0 Å². The number of imidazole rings is 1. The zero-order valence-corrected chi connectivity index (χ0v) is 12.6. The van der Waals surface area contributed by atoms with Crippen molar-refractivity contribution in [1.82, 2.24) is 9.55 Å². The number of aromatic nitrogens is 2. The van der Waals surface area contributed by atoms with Crippen molar-refractivity contribution < 1.29 is 0 Å². The van der Waals surface area contributed by atoms with Gasteiger partial charge in [-0.2, -0.15) is 5.26 Å². The Kier molecular flexibility index (Phi) is 3.83. The number of hydrogen-bond donors (Lipinski definition) is 0. The molecule has 0 unspecified atom stereocenters. The van der Waals surface area contributed by atoms with Crippen LogP contribution in [0.4, 0.5) is 0 Å². The topological polar surface area (TPSA) is 41.6 Å². The third-order valence-electron chi connectivity index (χ3n) is 3.35. The van der Waals surface area contributed by atoms with E-state index in [2.05, 4.69) is 11.1 Å². The molecule has 104 valence electrons. The van der Waals surface area contributed by atoms with Crippen molar-refractivity contribution in [3.8, 4) is 6.07 Å². The molecular formula is C16H11Cl2N3. The van der Waals surface area contributed by atoms with Crippen LogP contribution < -0.4 is 0 Å². The summed E-state index contributed by atoms with van der Waals surface area (Å²) in [6, 6.07) is 15.4. The van der Waals surface area contributed by atoms with Gasteiger partial charge in [-0.15, -0.1) is 11.6 Å². The van der Waals surface area contributed by atoms with Crippen LogP contribution in [0.2, 0.25) is 5.02 Å². The number of rotatable bonds is 3. The number of alkyl halides is 1. The zero-order chi connectivity index (χ0) is 14.8. The lowest BCUT2D eigenvalue weighted by atomic mass is 10.2. The molecule has 0 aliphatic rings. The highest BCUT2D eigenvalue weighted by Gasteiger charge is 2.13. The third-order valence-corrected chi connectivity index (χ3v) is 3.84. The second-order valence-electron chi connectivity index (χ2n) is 4.66. The molecule has 5 heteroatoms. The Bertz CT molecular complexity index is 829. The molecule has 1 aromatic heterocycles. The average molecular weight is 316 g/mol. The van der Waals surface area contributed by atoms with Gasteiger partial charge in [0.15, 0.2) is 0 Å². The number of halogens is 2. The summed E-state index contributed by atoms with van der Waals surface area (Å²) >= 11 is 11.9. The molecule has 3 aromatic rings. The summed E-state index contributed by atoms with van der Waals surface area (Å²) in [6.07, 6.45) is 0. The van der Waals surface area contributed by atoms with Crippen LogP contribution in [0.3, 0.4) is 0 Å². The van der Waals surface area contributed by atoms with Gasteiger partial charge in [-0.3, -0.25) is 0 Å². The zero-order valence-electron chi connectivity index (χ0n) is 11.1. The van der Waals surface area contributed by atoms with Gasteiger partial charge in [-0.25, -0.2) is 4.98 Å². The van der Waals surface area contributed by atoms with Crippen LogP contribution in [-0.4, -0.2) is 9.55 Å². The molecule has 0 saturated carbocycles. The Morgan fingerprint density at radius 2 is 1.90 bits per heavy atom. The van der Waals surface area contributed by atoms with E-state index < -0.39 is 0 Å². The summed E-state index contributed by atoms with van der Waals surface area (Å²) < 4.78 is 2.03. The Labute approximate surface area is 132 Å². The molecule has 0 N–H and O–H groups in total. The Morgan fingerprint density at radius 3 is 2.57 bits per heavy atom. The molecule has 0 fully saturated rings. The predicted molar refractivity (Wildman–Crippen MR) is 84.6 cm³/mol. The van der Waals surface area contributed by atoms with Crippen molar-refractivity contribution in [3.05, 3.63) is 64.4 Å². The van der Waals surface area contributed by atoms with Gasteiger partial charge in [-0.05, 0) is 29.8 Å². The minimum atomic E-state index is 0.299. The monoisotopic (exact) mass is 315 g/mol. The standard InChI is InChI=1S/C16H11Cl2N3/c17-8-15-20-16-12(9-19)2-1-3-14(16)21(15)10-11-4-6-13(18)7-5-11/h1-7H,8,10H2. The van der Waals surface area contributed by atoms with E-state index in [1.165, 1.54) is 0 Å². The molecule has 2 aromatic carbocycles. The fourth-order valence-electron chi connectivity index (χ4n) is 2.34. The van der Waals surface area contributed by atoms with E-state index in [0.29, 0.717) is 28.5 Å². The van der Waals surface area contributed by atoms with Gasteiger partial charge in [0.05, 0.1) is 17.0 Å². The first-order valence-electron chi connectivity index (χ1n) is 6.41. The van der Waals surface area contributed by atoms with E-state index in [0.717, 1.165) is 16.9 Å². The van der Waals surface area contributed by atoms with Crippen LogP contribution in [0.15, 0.2) is 42.5 Å². The van der Waals surface area contributed by atoms with Crippen molar-refractivity contribution in [2.45, 2.75) is 12.4 Å². The van der Waals surface area contributed by atoms with E-state index in [-0.39, 0.29) is 0 Å². The molecular weight excluding hydrogens is 305 g/mol. The molecule has 0 radical (unpaired) electrons. The van der Waals surface area contributed by atoms with E-state index >= 15 is 0 Å². The van der Waals surface area contributed by atoms with E-state index in [9.17, 15) is 5.26 Å². The maximum Gasteiger partial charge on any atom is 0.125 e. The van der Waals surface area contributed by atoms with E-state index in [1.807, 2.05) is 41.0 Å². The highest BCUT2D eigenvalue weighted by Crippen LogP contribution is 2.22. The summed E-state index contributed by atoms with van der Waals surface area (Å²) in [5.41, 5.74) is 3.28. The summed E-state index contributed by atoms with van der Waals surface area (Å²) in [6.45, 7) is 0.643. The van der Waals surface area contributed by atoms with Crippen molar-refractivity contribution in [1.29, 1.82) is 5.26 Å². The largest absolute Gasteiger partial charge is 0.322 e. The van der Waals surface area contributed by atoms with Crippen LogP contribution in [0.1, 0.15) is 17.0 Å². The molecule has 0 aliphatic heterocycles. The van der Waals surface area contributed by atoms with Crippen LogP contribution in [-0.2, 0) is 12.4 Å². The molecule has 0 saturated heterocycles. The maximum absolute atomic E-state index is 9.18. The van der Waals surface area contributed by atoms with Gasteiger partial charge >= 0.3 is 0 Å². The molecule has 1 heterocycles. The van der Waals surface area contributed by atoms with Crippen LogP contribution in [0.5, 0.6) is 0 Å². The molecule has 21 heavy (non-hydrogen) atoms. The Hall–Kier alpha value is -2.02. The van der Waals surface area contributed by atoms with Crippen LogP contribution in [0.25, 0.3) is 11.0 Å². The van der Waals surface area contributed by atoms with Gasteiger partial charge in [0.1, 0.15) is 17.4 Å². The normalized spacial score (nSPS) is 10.7. The number of hydrogen-bond acceptors (Lipinski definition) is 2. The Balaban J connectivity index is 2.13. The van der Waals surface area contributed by atoms with Crippen molar-refractivity contribution in [3.63, 3.8) is 0 Å². The molecule has 3 nitrogen and oxygen atoms in total. The summed E-state index contributed by atoms with van der Waals surface area (Å²) in [5, 5.41) is 9.89. The number of nitriles is 1. The number of para-hydroxylation sites is 1. The summed E-state index contributed by atoms with van der Waals surface area (Å²) in [7, 11) is 0. The van der Waals surface area contributed by atoms with Crippen molar-refractivity contribution >= 4 is 34.2 Å². The van der Waals surface area contributed by atoms with Crippen LogP contribution in [0, 0.1) is 11.3 Å². The molecule has 0 aliphatic carbocycles. The average Bonchev–Trinajstić information content (AvgIpc) is 2.87. The molecule has 0 bridgehead atoms. The third kappa shape index (κ3) is 2.61. The van der Waals surface area contributed by atoms with E-state index in [4.69, 9.17) is 23.2 Å². The quantitative estimate of drug-likeness (QED) is 0.674. The second kappa shape index (κ2) is 5.77. The fraction of sp³-hybridized carbons (Fsp3) is 0.125. The first kappa shape index (κ1) is 13.9. The minimum Gasteiger partial charge on any atom is -0.322 e. The minimum absolute atomic E-state index is 0.299. The highest BCUT2D eigenvalue weighted by molar-refractivity contribution is 6.30. The first-order valence-corrected chi connectivity index (χ1v) is 7.33. The SMILES string of the molecule is N#Cc1cccc2c1nc(CCl)n2Cc1ccc(Cl)cc1. The molecule has 3 rings (SSSR count). The summed E-state index contributed by atoms with van der Waals surface area (Å²) in [4.78, 5) is 4.50. The van der Waals surface area contributed by atoms with Gasteiger partial charge in [-0.1, -0.05) is 29.8 Å². The van der Waals surface area contributed by atoms with Gasteiger partial charge in [0.25, 0.3) is 0 Å². The van der Waals surface area contributed by atoms with Gasteiger partial charge in [0.2, 0.25) is 0 Å². The number of benzene rings is 2. The highest BCUT2D eigenvalue weighted by atomic mass is 35.5. The number of nitrogens with zero attached hydrogens (tertiary/aromatic N) is 3. The lowest BCUT2D eigenvalue weighted by molar-refractivity contribution is 0.779. The molecule has 0 atom stereocenters. The lowest BCUT2D eigenvalue weighted by Crippen LogP contribution is -2.03. The summed E-state index contributed by atoms with van der Waals surface area (Å²) in [5.74, 6) is 1.05. The predicted octanol–water partition coefficient (Wildman–Crippen LogP) is 4.35. The number of fused-ring (bicyclic) bond motifs is 1. The first-order chi connectivity index (χ1) is 10.2. The fourth-order valence-corrected chi connectivity index (χ4v) is 2.67. The van der Waals surface area contributed by atoms with Crippen molar-refractivity contribution in [2.75, 3.05) is 0 Å². The molecule has 0 amide bonds. The molecule has 0 spiro atoms. The van der Waals surface area contributed by atoms with Gasteiger partial charge in [0, 0.05) is 11.6 Å². The van der Waals surface area contributed by atoms with E-state index in [1.54, 1.807) is 6.07 Å². The smallest absolute Gasteiger partial charge is 0.125 e. The second-order valence-corrected chi connectivity index (χ2v) is 5.36. The maximum atomic E-state index is 9.18. The van der Waals surface area contributed by atoms with Gasteiger partial charge < -0.3 is 4.57 Å². The van der Waals surface area contributed by atoms with Crippen LogP contribution >= 0.6 is 23.2 Å².